The molecule has 3 nitrogen and oxygen atoms in total. The molecular weight excluding hydrogens is 346 g/mol. The summed E-state index contributed by atoms with van der Waals surface area (Å²) in [6, 6.07) is 1.61. The molecule has 1 heterocycles. The highest BCUT2D eigenvalue weighted by atomic mass is 79.9. The summed E-state index contributed by atoms with van der Waals surface area (Å²) in [6.45, 7) is 7.07. The van der Waals surface area contributed by atoms with Crippen LogP contribution in [0.4, 0.5) is 0 Å². The van der Waals surface area contributed by atoms with Crippen molar-refractivity contribution < 1.29 is 8.42 Å². The van der Waals surface area contributed by atoms with E-state index in [1.165, 1.54) is 11.3 Å². The Labute approximate surface area is 120 Å². The van der Waals surface area contributed by atoms with Crippen LogP contribution >= 0.6 is 38.9 Å². The number of rotatable bonds is 4. The second-order valence-corrected chi connectivity index (χ2v) is 9.36. The lowest BCUT2D eigenvalue weighted by molar-refractivity contribution is 0.445. The monoisotopic (exact) mass is 359 g/mol. The molecule has 0 aliphatic heterocycles. The highest BCUT2D eigenvalue weighted by molar-refractivity contribution is 9.11. The lowest BCUT2D eigenvalue weighted by Gasteiger charge is -2.28. The maximum absolute atomic E-state index is 12.2. The average molecular weight is 361 g/mol. The van der Waals surface area contributed by atoms with E-state index in [9.17, 15) is 8.42 Å². The number of alkyl halides is 1. The lowest BCUT2D eigenvalue weighted by atomic mass is 10.0. The lowest BCUT2D eigenvalue weighted by Crippen LogP contribution is -2.48. The first-order chi connectivity index (χ1) is 7.56. The third kappa shape index (κ3) is 3.67. The van der Waals surface area contributed by atoms with E-state index < -0.39 is 15.6 Å². The molecule has 17 heavy (non-hydrogen) atoms. The van der Waals surface area contributed by atoms with Gasteiger partial charge in [-0.05, 0) is 49.7 Å². The van der Waals surface area contributed by atoms with Crippen molar-refractivity contribution >= 4 is 48.9 Å². The van der Waals surface area contributed by atoms with Crippen LogP contribution < -0.4 is 4.72 Å². The molecule has 98 valence electrons. The van der Waals surface area contributed by atoms with Crippen LogP contribution in [0.5, 0.6) is 0 Å². The minimum atomic E-state index is -3.53. The van der Waals surface area contributed by atoms with Crippen LogP contribution in [0.25, 0.3) is 0 Å². The molecule has 1 atom stereocenters. The molecule has 0 bridgehead atoms. The molecule has 0 aliphatic rings. The van der Waals surface area contributed by atoms with Gasteiger partial charge in [0.05, 0.1) is 8.68 Å². The summed E-state index contributed by atoms with van der Waals surface area (Å²) >= 11 is 10.7. The number of hydrogen-bond acceptors (Lipinski definition) is 3. The quantitative estimate of drug-likeness (QED) is 0.835. The van der Waals surface area contributed by atoms with Crippen molar-refractivity contribution in [3.8, 4) is 0 Å². The normalized spacial score (nSPS) is 14.9. The van der Waals surface area contributed by atoms with Crippen LogP contribution in [0.1, 0.15) is 25.6 Å². The molecule has 0 amide bonds. The summed E-state index contributed by atoms with van der Waals surface area (Å²) in [4.78, 5) is 1.06. The molecular formula is C10H15BrClNO2S2. The van der Waals surface area contributed by atoms with Gasteiger partial charge < -0.3 is 0 Å². The van der Waals surface area contributed by atoms with Gasteiger partial charge in [0, 0.05) is 15.8 Å². The molecule has 7 heteroatoms. The van der Waals surface area contributed by atoms with Crippen molar-refractivity contribution in [1.29, 1.82) is 0 Å². The number of nitrogens with one attached hydrogen (secondary N) is 1. The highest BCUT2D eigenvalue weighted by Gasteiger charge is 2.31. The molecule has 0 fully saturated rings. The van der Waals surface area contributed by atoms with E-state index in [0.717, 1.165) is 8.66 Å². The standard InChI is InChI=1S/C10H15BrClNO2S2/c1-6-8(5-9(11)16-6)17(14,15)13-10(3,4)7(2)12/h5,7,13H,1-4H3. The van der Waals surface area contributed by atoms with Gasteiger partial charge in [-0.25, -0.2) is 13.1 Å². The summed E-state index contributed by atoms with van der Waals surface area (Å²) < 4.78 is 27.8. The zero-order chi connectivity index (χ0) is 13.4. The summed E-state index contributed by atoms with van der Waals surface area (Å²) in [6.07, 6.45) is 0. The number of hydrogen-bond donors (Lipinski definition) is 1. The largest absolute Gasteiger partial charge is 0.242 e. The van der Waals surface area contributed by atoms with Gasteiger partial charge in [0.25, 0.3) is 0 Å². The third-order valence-corrected chi connectivity index (χ3v) is 6.55. The molecule has 0 saturated carbocycles. The minimum absolute atomic E-state index is 0.305. The Balaban J connectivity index is 3.10. The summed E-state index contributed by atoms with van der Waals surface area (Å²) in [5.41, 5.74) is -0.693. The van der Waals surface area contributed by atoms with E-state index in [4.69, 9.17) is 11.6 Å². The van der Waals surface area contributed by atoms with Crippen molar-refractivity contribution in [2.75, 3.05) is 0 Å². The van der Waals surface area contributed by atoms with Gasteiger partial charge in [-0.3, -0.25) is 0 Å². The smallest absolute Gasteiger partial charge is 0.207 e. The van der Waals surface area contributed by atoms with Gasteiger partial charge in [0.2, 0.25) is 10.0 Å². The number of sulfonamides is 1. The van der Waals surface area contributed by atoms with Crippen LogP contribution in [-0.4, -0.2) is 19.3 Å². The summed E-state index contributed by atoms with van der Waals surface area (Å²) in [7, 11) is -3.53. The second-order valence-electron chi connectivity index (χ2n) is 4.41. The van der Waals surface area contributed by atoms with Crippen molar-refractivity contribution in [3.05, 3.63) is 14.7 Å². The van der Waals surface area contributed by atoms with Crippen molar-refractivity contribution in [2.24, 2.45) is 0 Å². The minimum Gasteiger partial charge on any atom is -0.207 e. The molecule has 1 rings (SSSR count). The predicted octanol–water partition coefficient (Wildman–Crippen LogP) is 3.50. The van der Waals surface area contributed by atoms with Crippen LogP contribution in [-0.2, 0) is 10.0 Å². The summed E-state index contributed by atoms with van der Waals surface area (Å²) in [5, 5.41) is -0.306. The second kappa shape index (κ2) is 5.17. The van der Waals surface area contributed by atoms with Crippen molar-refractivity contribution in [3.63, 3.8) is 0 Å². The Hall–Kier alpha value is 0.380. The van der Waals surface area contributed by atoms with E-state index in [1.54, 1.807) is 33.8 Å². The van der Waals surface area contributed by atoms with Crippen LogP contribution in [0.15, 0.2) is 14.7 Å². The Morgan fingerprint density at radius 3 is 2.41 bits per heavy atom. The van der Waals surface area contributed by atoms with Crippen LogP contribution in [0.3, 0.4) is 0 Å². The van der Waals surface area contributed by atoms with Gasteiger partial charge in [-0.2, -0.15) is 0 Å². The van der Waals surface area contributed by atoms with Gasteiger partial charge in [-0.1, -0.05) is 0 Å². The molecule has 1 unspecified atom stereocenters. The van der Waals surface area contributed by atoms with Gasteiger partial charge >= 0.3 is 0 Å². The molecule has 0 spiro atoms. The fourth-order valence-corrected chi connectivity index (χ4v) is 5.20. The first-order valence-electron chi connectivity index (χ1n) is 5.00. The predicted molar refractivity (Wildman–Crippen MR) is 76.5 cm³/mol. The molecule has 1 aromatic heterocycles. The van der Waals surface area contributed by atoms with Crippen molar-refractivity contribution in [2.45, 2.75) is 43.5 Å². The van der Waals surface area contributed by atoms with E-state index in [-0.39, 0.29) is 5.38 Å². The van der Waals surface area contributed by atoms with Gasteiger partial charge in [0.1, 0.15) is 0 Å². The highest BCUT2D eigenvalue weighted by Crippen LogP contribution is 2.30. The van der Waals surface area contributed by atoms with Gasteiger partial charge in [0.15, 0.2) is 0 Å². The van der Waals surface area contributed by atoms with E-state index >= 15 is 0 Å². The number of halogens is 2. The Morgan fingerprint density at radius 1 is 1.53 bits per heavy atom. The SMILES string of the molecule is Cc1sc(Br)cc1S(=O)(=O)NC(C)(C)C(C)Cl. The Kier molecular flexibility index (Phi) is 4.69. The number of thiophene rings is 1. The summed E-state index contributed by atoms with van der Waals surface area (Å²) in [5.74, 6) is 0. The van der Waals surface area contributed by atoms with E-state index in [0.29, 0.717) is 4.90 Å². The Bertz CT molecular complexity index is 508. The van der Waals surface area contributed by atoms with Crippen LogP contribution in [0, 0.1) is 6.92 Å². The topological polar surface area (TPSA) is 46.2 Å². The van der Waals surface area contributed by atoms with E-state index in [2.05, 4.69) is 20.7 Å². The first kappa shape index (κ1) is 15.4. The Morgan fingerprint density at radius 2 is 2.06 bits per heavy atom. The zero-order valence-corrected chi connectivity index (χ0v) is 14.0. The molecule has 0 aliphatic carbocycles. The van der Waals surface area contributed by atoms with Crippen molar-refractivity contribution in [1.82, 2.24) is 4.72 Å². The molecule has 0 radical (unpaired) electrons. The fourth-order valence-electron chi connectivity index (χ4n) is 1.18. The fraction of sp³-hybridized carbons (Fsp3) is 0.600. The molecule has 1 N–H and O–H groups in total. The van der Waals surface area contributed by atoms with E-state index in [1.807, 2.05) is 0 Å². The zero-order valence-electron chi connectivity index (χ0n) is 10.0. The molecule has 0 aromatic carbocycles. The maximum atomic E-state index is 12.2. The van der Waals surface area contributed by atoms with Gasteiger partial charge in [-0.15, -0.1) is 22.9 Å². The third-order valence-electron chi connectivity index (χ3n) is 2.52. The maximum Gasteiger partial charge on any atom is 0.242 e. The molecule has 0 saturated heterocycles. The van der Waals surface area contributed by atoms with Crippen LogP contribution in [0.2, 0.25) is 0 Å². The molecule has 1 aromatic rings. The first-order valence-corrected chi connectivity index (χ1v) is 8.53. The average Bonchev–Trinajstić information content (AvgIpc) is 2.43. The number of aryl methyl sites for hydroxylation is 1.